The van der Waals surface area contributed by atoms with Crippen molar-refractivity contribution in [1.29, 1.82) is 0 Å². The van der Waals surface area contributed by atoms with Gasteiger partial charge in [-0.2, -0.15) is 4.31 Å². The van der Waals surface area contributed by atoms with E-state index in [0.717, 1.165) is 6.07 Å². The van der Waals surface area contributed by atoms with Crippen molar-refractivity contribution >= 4 is 21.4 Å². The Kier molecular flexibility index (Phi) is 5.07. The van der Waals surface area contributed by atoms with Crippen molar-refractivity contribution in [2.75, 3.05) is 12.3 Å². The van der Waals surface area contributed by atoms with Crippen LogP contribution in [0.2, 0.25) is 0 Å². The van der Waals surface area contributed by atoms with E-state index in [-0.39, 0.29) is 16.6 Å². The molecule has 1 rings (SSSR count). The van der Waals surface area contributed by atoms with Crippen LogP contribution in [0.5, 0.6) is 0 Å². The third kappa shape index (κ3) is 3.26. The highest BCUT2D eigenvalue weighted by atomic mass is 32.2. The molecular weight excluding hydrogens is 282 g/mol. The van der Waals surface area contributed by atoms with Gasteiger partial charge in [-0.05, 0) is 32.4 Å². The van der Waals surface area contributed by atoms with Crippen LogP contribution >= 0.6 is 0 Å². The largest absolute Gasteiger partial charge is 0.399 e. The average Bonchev–Trinajstić information content (AvgIpc) is 2.34. The molecule has 0 saturated heterocycles. The summed E-state index contributed by atoms with van der Waals surface area (Å²) < 4.78 is 26.4. The Morgan fingerprint density at radius 2 is 2.00 bits per heavy atom. The average molecular weight is 301 g/mol. The third-order valence-corrected chi connectivity index (χ3v) is 4.91. The Balaban J connectivity index is 3.45. The lowest BCUT2D eigenvalue weighted by Gasteiger charge is -2.25. The zero-order valence-corrected chi connectivity index (χ0v) is 12.6. The van der Waals surface area contributed by atoms with Crippen molar-refractivity contribution < 1.29 is 13.3 Å². The van der Waals surface area contributed by atoms with Gasteiger partial charge in [-0.25, -0.2) is 8.42 Å². The zero-order valence-electron chi connectivity index (χ0n) is 11.7. The summed E-state index contributed by atoms with van der Waals surface area (Å²) in [6.45, 7) is 5.62. The number of anilines is 1. The SMILES string of the molecule is CCCN(C(C)C)S(=O)(=O)c1ccc(N)cc1[N+](=O)[O-]. The maximum Gasteiger partial charge on any atom is 0.291 e. The first-order valence-electron chi connectivity index (χ1n) is 6.27. The normalized spacial score (nSPS) is 12.1. The number of nitro groups is 1. The highest BCUT2D eigenvalue weighted by molar-refractivity contribution is 7.89. The summed E-state index contributed by atoms with van der Waals surface area (Å²) in [7, 11) is -3.92. The van der Waals surface area contributed by atoms with Crippen LogP contribution in [0, 0.1) is 10.1 Å². The molecule has 1 aromatic rings. The molecule has 0 heterocycles. The number of nitrogens with two attached hydrogens (primary N) is 1. The summed E-state index contributed by atoms with van der Waals surface area (Å²) in [5, 5.41) is 11.0. The van der Waals surface area contributed by atoms with E-state index in [1.165, 1.54) is 16.4 Å². The molecular formula is C12H19N3O4S. The first-order chi connectivity index (χ1) is 9.21. The molecule has 7 nitrogen and oxygen atoms in total. The van der Waals surface area contributed by atoms with Crippen molar-refractivity contribution in [3.63, 3.8) is 0 Å². The highest BCUT2D eigenvalue weighted by Crippen LogP contribution is 2.29. The Morgan fingerprint density at radius 1 is 1.40 bits per heavy atom. The summed E-state index contributed by atoms with van der Waals surface area (Å²) in [5.41, 5.74) is 5.15. The monoisotopic (exact) mass is 301 g/mol. The number of nitrogens with zero attached hydrogens (tertiary/aromatic N) is 2. The van der Waals surface area contributed by atoms with Gasteiger partial charge in [0.15, 0.2) is 4.90 Å². The van der Waals surface area contributed by atoms with Crippen molar-refractivity contribution in [3.8, 4) is 0 Å². The van der Waals surface area contributed by atoms with Gasteiger partial charge in [0.1, 0.15) is 0 Å². The molecule has 0 spiro atoms. The van der Waals surface area contributed by atoms with E-state index in [4.69, 9.17) is 5.73 Å². The summed E-state index contributed by atoms with van der Waals surface area (Å²) in [6, 6.07) is 3.33. The van der Waals surface area contributed by atoms with Crippen LogP contribution in [0.1, 0.15) is 27.2 Å². The van der Waals surface area contributed by atoms with Crippen LogP contribution < -0.4 is 5.73 Å². The molecule has 0 fully saturated rings. The highest BCUT2D eigenvalue weighted by Gasteiger charge is 2.32. The number of nitro benzene ring substituents is 1. The first-order valence-corrected chi connectivity index (χ1v) is 7.71. The van der Waals surface area contributed by atoms with Gasteiger partial charge in [0, 0.05) is 24.3 Å². The molecule has 0 aliphatic rings. The fourth-order valence-corrected chi connectivity index (χ4v) is 3.77. The molecule has 0 aliphatic heterocycles. The van der Waals surface area contributed by atoms with Crippen LogP contribution in [0.4, 0.5) is 11.4 Å². The van der Waals surface area contributed by atoms with E-state index in [1.807, 2.05) is 6.92 Å². The second kappa shape index (κ2) is 6.19. The van der Waals surface area contributed by atoms with Crippen molar-refractivity contribution in [1.82, 2.24) is 4.31 Å². The molecule has 0 bridgehead atoms. The van der Waals surface area contributed by atoms with E-state index in [1.54, 1.807) is 13.8 Å². The lowest BCUT2D eigenvalue weighted by atomic mass is 10.3. The van der Waals surface area contributed by atoms with Crippen molar-refractivity contribution in [2.45, 2.75) is 38.1 Å². The first kappa shape index (κ1) is 16.4. The number of nitrogen functional groups attached to an aromatic ring is 1. The number of sulfonamides is 1. The van der Waals surface area contributed by atoms with Crippen LogP contribution in [0.15, 0.2) is 23.1 Å². The number of hydrogen-bond donors (Lipinski definition) is 1. The van der Waals surface area contributed by atoms with E-state index < -0.39 is 20.6 Å². The van der Waals surface area contributed by atoms with Gasteiger partial charge < -0.3 is 5.73 Å². The molecule has 0 amide bonds. The number of hydrogen-bond acceptors (Lipinski definition) is 5. The topological polar surface area (TPSA) is 107 Å². The maximum absolute atomic E-state index is 12.6. The van der Waals surface area contributed by atoms with Crippen molar-refractivity contribution in [3.05, 3.63) is 28.3 Å². The predicted molar refractivity (Wildman–Crippen MR) is 76.8 cm³/mol. The molecule has 0 radical (unpaired) electrons. The van der Waals surface area contributed by atoms with Gasteiger partial charge in [0.05, 0.1) is 4.92 Å². The molecule has 0 saturated carbocycles. The fraction of sp³-hybridized carbons (Fsp3) is 0.500. The lowest BCUT2D eigenvalue weighted by molar-refractivity contribution is -0.387. The molecule has 0 aliphatic carbocycles. The smallest absolute Gasteiger partial charge is 0.291 e. The second-order valence-electron chi connectivity index (χ2n) is 4.69. The van der Waals surface area contributed by atoms with Gasteiger partial charge in [0.25, 0.3) is 5.69 Å². The lowest BCUT2D eigenvalue weighted by Crippen LogP contribution is -2.37. The Labute approximate surface area is 118 Å². The quantitative estimate of drug-likeness (QED) is 0.491. The molecule has 0 atom stereocenters. The van der Waals surface area contributed by atoms with Gasteiger partial charge in [-0.15, -0.1) is 0 Å². The third-order valence-electron chi connectivity index (χ3n) is 2.79. The Morgan fingerprint density at radius 3 is 2.45 bits per heavy atom. The molecule has 0 aromatic heterocycles. The summed E-state index contributed by atoms with van der Waals surface area (Å²) in [5.74, 6) is 0. The van der Waals surface area contributed by atoms with Crippen LogP contribution in [0.3, 0.4) is 0 Å². The number of rotatable bonds is 6. The predicted octanol–water partition coefficient (Wildman–Crippen LogP) is 1.99. The molecule has 8 heteroatoms. The van der Waals surface area contributed by atoms with Crippen LogP contribution in [-0.4, -0.2) is 30.2 Å². The summed E-state index contributed by atoms with van der Waals surface area (Å²) >= 11 is 0. The van der Waals surface area contributed by atoms with Crippen molar-refractivity contribution in [2.24, 2.45) is 0 Å². The van der Waals surface area contributed by atoms with Gasteiger partial charge in [-0.3, -0.25) is 10.1 Å². The van der Waals surface area contributed by atoms with E-state index in [2.05, 4.69) is 0 Å². The molecule has 20 heavy (non-hydrogen) atoms. The number of benzene rings is 1. The molecule has 1 aromatic carbocycles. The maximum atomic E-state index is 12.6. The second-order valence-corrected chi connectivity index (χ2v) is 6.55. The summed E-state index contributed by atoms with van der Waals surface area (Å²) in [6.07, 6.45) is 0.625. The van der Waals surface area contributed by atoms with Gasteiger partial charge in [-0.1, -0.05) is 6.92 Å². The van der Waals surface area contributed by atoms with E-state index in [0.29, 0.717) is 13.0 Å². The van der Waals surface area contributed by atoms with Gasteiger partial charge in [0.2, 0.25) is 10.0 Å². The minimum atomic E-state index is -3.92. The van der Waals surface area contributed by atoms with Crippen LogP contribution in [0.25, 0.3) is 0 Å². The minimum Gasteiger partial charge on any atom is -0.399 e. The standard InChI is InChI=1S/C12H19N3O4S/c1-4-7-14(9(2)3)20(18,19)12-6-5-10(13)8-11(12)15(16)17/h5-6,8-9H,4,7,13H2,1-3H3. The molecule has 112 valence electrons. The van der Waals surface area contributed by atoms with Crippen LogP contribution in [-0.2, 0) is 10.0 Å². The minimum absolute atomic E-state index is 0.155. The summed E-state index contributed by atoms with van der Waals surface area (Å²) in [4.78, 5) is 9.99. The Hall–Kier alpha value is -1.67. The fourth-order valence-electron chi connectivity index (χ4n) is 1.90. The Bertz CT molecular complexity index is 599. The van der Waals surface area contributed by atoms with E-state index in [9.17, 15) is 18.5 Å². The molecule has 2 N–H and O–H groups in total. The molecule has 0 unspecified atom stereocenters. The zero-order chi connectivity index (χ0) is 15.5. The van der Waals surface area contributed by atoms with E-state index >= 15 is 0 Å². The van der Waals surface area contributed by atoms with Gasteiger partial charge >= 0.3 is 0 Å².